The second-order valence-corrected chi connectivity index (χ2v) is 4.80. The first-order chi connectivity index (χ1) is 8.01. The first-order valence-electron chi connectivity index (χ1n) is 6.13. The van der Waals surface area contributed by atoms with Crippen LogP contribution in [-0.4, -0.2) is 35.1 Å². The first kappa shape index (κ1) is 23.6. The van der Waals surface area contributed by atoms with Crippen molar-refractivity contribution in [3.63, 3.8) is 0 Å². The second-order valence-electron chi connectivity index (χ2n) is 4.80. The van der Waals surface area contributed by atoms with Crippen LogP contribution in [0.25, 0.3) is 0 Å². The third kappa shape index (κ3) is 7.94. The topological polar surface area (TPSA) is 57.5 Å². The smallest absolute Gasteiger partial charge is 0.273 e. The zero-order valence-corrected chi connectivity index (χ0v) is 20.5. The quantitative estimate of drug-likeness (QED) is 0.470. The number of alkyl halides is 2. The van der Waals surface area contributed by atoms with Gasteiger partial charge < -0.3 is 10.2 Å². The number of halogens is 2. The van der Waals surface area contributed by atoms with Crippen LogP contribution in [0.4, 0.5) is 8.78 Å². The fourth-order valence-electron chi connectivity index (χ4n) is 1.82. The molecule has 0 spiro atoms. The molecule has 106 valence electrons. The van der Waals surface area contributed by atoms with Gasteiger partial charge in [0.15, 0.2) is 5.78 Å². The predicted octanol–water partition coefficient (Wildman–Crippen LogP) is 1.76. The molecule has 0 unspecified atom stereocenters. The first-order valence-corrected chi connectivity index (χ1v) is 6.13. The molecule has 0 aromatic rings. The van der Waals surface area contributed by atoms with E-state index in [1.807, 2.05) is 0 Å². The van der Waals surface area contributed by atoms with Gasteiger partial charge in [0.25, 0.3) is 5.92 Å². The maximum Gasteiger partial charge on any atom is 0.273 e. The normalized spacial score (nSPS) is 18.7. The van der Waals surface area contributed by atoms with Crippen LogP contribution in [-0.2, 0) is 4.79 Å². The van der Waals surface area contributed by atoms with Gasteiger partial charge >= 0.3 is 0 Å². The van der Waals surface area contributed by atoms with E-state index in [4.69, 9.17) is 10.2 Å². The van der Waals surface area contributed by atoms with Crippen molar-refractivity contribution in [2.75, 3.05) is 13.2 Å². The van der Waals surface area contributed by atoms with Crippen molar-refractivity contribution in [3.05, 3.63) is 0 Å². The summed E-state index contributed by atoms with van der Waals surface area (Å²) in [6.45, 7) is -1.25. The van der Waals surface area contributed by atoms with Gasteiger partial charge in [-0.1, -0.05) is 12.8 Å². The Bertz CT molecular complexity index is 257. The minimum Gasteiger partial charge on any atom is -0.390 e. The molecule has 2 N–H and O–H groups in total. The molecule has 0 heterocycles. The predicted molar refractivity (Wildman–Crippen MR) is 58.8 cm³/mol. The zero-order valence-electron chi connectivity index (χ0n) is 11.0. The van der Waals surface area contributed by atoms with Gasteiger partial charge in [-0.3, -0.25) is 4.79 Å². The number of carbonyl (C=O) groups is 1. The minimum absolute atomic E-state index is 0. The van der Waals surface area contributed by atoms with E-state index in [-0.39, 0.29) is 106 Å². The van der Waals surface area contributed by atoms with Crippen molar-refractivity contribution in [1.82, 2.24) is 0 Å². The maximum atomic E-state index is 12.3. The van der Waals surface area contributed by atoms with Gasteiger partial charge in [0.2, 0.25) is 0 Å². The van der Waals surface area contributed by atoms with Crippen LogP contribution in [0.3, 0.4) is 0 Å². The Hall–Kier alpha value is 2.33. The standard InChI is InChI=1S/C6H10F2O.C6H10O2.2Ac/c7-6(8,4-9)5-2-1-3-5;7-4-6(8)5-2-1-3-5;;/h5,9H,1-4H2;5,7H,1-4H2;;. The van der Waals surface area contributed by atoms with E-state index in [0.717, 1.165) is 25.7 Å². The molecule has 0 aromatic carbocycles. The number of Topliss-reactive ketones (excluding diaryl/α,β-unsaturated/α-hetero) is 1. The minimum atomic E-state index is -2.81. The van der Waals surface area contributed by atoms with Gasteiger partial charge in [0, 0.05) is 100.0 Å². The number of aliphatic hydroxyl groups is 2. The molecule has 2 rings (SSSR count). The molecular formula is C12H20Ac2F2O3. The third-order valence-corrected chi connectivity index (χ3v) is 3.63. The number of hydrogen-bond acceptors (Lipinski definition) is 3. The Labute approximate surface area is 184 Å². The van der Waals surface area contributed by atoms with Crippen LogP contribution in [0, 0.1) is 100.0 Å². The fraction of sp³-hybridized carbons (Fsp3) is 0.917. The van der Waals surface area contributed by atoms with Crippen molar-refractivity contribution in [1.29, 1.82) is 0 Å². The van der Waals surface area contributed by atoms with Gasteiger partial charge in [-0.25, -0.2) is 8.78 Å². The van der Waals surface area contributed by atoms with Crippen LogP contribution < -0.4 is 0 Å². The third-order valence-electron chi connectivity index (χ3n) is 3.63. The summed E-state index contributed by atoms with van der Waals surface area (Å²) >= 11 is 0. The summed E-state index contributed by atoms with van der Waals surface area (Å²) in [5.74, 6) is -3.11. The van der Waals surface area contributed by atoms with E-state index in [1.54, 1.807) is 0 Å². The number of hydrogen-bond donors (Lipinski definition) is 2. The molecule has 2 aliphatic carbocycles. The molecule has 19 heavy (non-hydrogen) atoms. The Balaban J connectivity index is 0. The summed E-state index contributed by atoms with van der Waals surface area (Å²) in [5, 5.41) is 16.5. The SMILES string of the molecule is O=C(CO)C1CCC1.OCC(F)(F)C1CCC1.[Ac].[Ac]. The Kier molecular flexibility index (Phi) is 14.7. The van der Waals surface area contributed by atoms with Crippen molar-refractivity contribution in [3.8, 4) is 0 Å². The van der Waals surface area contributed by atoms with Crippen molar-refractivity contribution in [2.24, 2.45) is 11.8 Å². The maximum absolute atomic E-state index is 12.3. The van der Waals surface area contributed by atoms with Crippen LogP contribution in [0.2, 0.25) is 0 Å². The molecular weight excluding hydrogens is 684 g/mol. The van der Waals surface area contributed by atoms with Gasteiger partial charge in [0.1, 0.15) is 13.2 Å². The monoisotopic (exact) mass is 704 g/mol. The van der Waals surface area contributed by atoms with Gasteiger partial charge in [-0.05, 0) is 25.7 Å². The van der Waals surface area contributed by atoms with E-state index in [0.29, 0.717) is 12.8 Å². The number of carbonyl (C=O) groups excluding carboxylic acids is 1. The van der Waals surface area contributed by atoms with Crippen molar-refractivity contribution < 1.29 is 112 Å². The molecule has 0 saturated heterocycles. The van der Waals surface area contributed by atoms with Crippen LogP contribution in [0.1, 0.15) is 38.5 Å². The van der Waals surface area contributed by atoms with E-state index >= 15 is 0 Å². The average Bonchev–Trinajstić information content (AvgIpc) is 2.12. The fourth-order valence-corrected chi connectivity index (χ4v) is 1.82. The van der Waals surface area contributed by atoms with Crippen LogP contribution in [0.15, 0.2) is 0 Å². The van der Waals surface area contributed by atoms with E-state index in [1.165, 1.54) is 0 Å². The molecule has 2 saturated carbocycles. The molecule has 2 aliphatic rings. The van der Waals surface area contributed by atoms with Crippen LogP contribution >= 0.6 is 0 Å². The molecule has 2 radical (unpaired) electrons. The van der Waals surface area contributed by atoms with E-state index < -0.39 is 18.4 Å². The second kappa shape index (κ2) is 11.8. The van der Waals surface area contributed by atoms with Crippen molar-refractivity contribution >= 4 is 5.78 Å². The van der Waals surface area contributed by atoms with E-state index in [9.17, 15) is 13.6 Å². The summed E-state index contributed by atoms with van der Waals surface area (Å²) in [5.41, 5.74) is 0. The molecule has 0 atom stereocenters. The number of aliphatic hydroxyl groups excluding tert-OH is 2. The molecule has 3 nitrogen and oxygen atoms in total. The number of ketones is 1. The molecule has 0 bridgehead atoms. The summed E-state index contributed by atoms with van der Waals surface area (Å²) in [6, 6.07) is 0. The Morgan fingerprint density at radius 1 is 1.05 bits per heavy atom. The van der Waals surface area contributed by atoms with Crippen molar-refractivity contribution in [2.45, 2.75) is 44.4 Å². The number of rotatable bonds is 4. The van der Waals surface area contributed by atoms with Gasteiger partial charge in [-0.2, -0.15) is 0 Å². The largest absolute Gasteiger partial charge is 0.390 e. The van der Waals surface area contributed by atoms with Gasteiger partial charge in [0.05, 0.1) is 0 Å². The molecule has 2 fully saturated rings. The average molecular weight is 704 g/mol. The van der Waals surface area contributed by atoms with Gasteiger partial charge in [-0.15, -0.1) is 0 Å². The summed E-state index contributed by atoms with van der Waals surface area (Å²) in [6.07, 6.45) is 5.20. The molecule has 0 aliphatic heterocycles. The molecule has 0 amide bonds. The zero-order chi connectivity index (χ0) is 12.9. The summed E-state index contributed by atoms with van der Waals surface area (Å²) in [7, 11) is 0. The summed E-state index contributed by atoms with van der Waals surface area (Å²) < 4.78 is 24.7. The molecule has 7 heteroatoms. The Morgan fingerprint density at radius 3 is 1.63 bits per heavy atom. The van der Waals surface area contributed by atoms with Crippen LogP contribution in [0.5, 0.6) is 0 Å². The summed E-state index contributed by atoms with van der Waals surface area (Å²) in [4.78, 5) is 10.5. The Morgan fingerprint density at radius 2 is 1.53 bits per heavy atom. The molecule has 0 aromatic heterocycles. The van der Waals surface area contributed by atoms with E-state index in [2.05, 4.69) is 0 Å².